The van der Waals surface area contributed by atoms with E-state index in [1.807, 2.05) is 0 Å². The average Bonchev–Trinajstić information content (AvgIpc) is 2.70. The lowest BCUT2D eigenvalue weighted by atomic mass is 9.95. The molecule has 0 bridgehead atoms. The quantitative estimate of drug-likeness (QED) is 0.242. The fourth-order valence-corrected chi connectivity index (χ4v) is 2.21. The minimum absolute atomic E-state index is 0.0191. The number of halogens is 2. The summed E-state index contributed by atoms with van der Waals surface area (Å²) in [6.07, 6.45) is -4.65. The van der Waals surface area contributed by atoms with Crippen molar-refractivity contribution in [2.24, 2.45) is 5.73 Å². The van der Waals surface area contributed by atoms with E-state index in [1.165, 1.54) is 18.2 Å². The molecular weight excluding hydrogens is 410 g/mol. The highest BCUT2D eigenvalue weighted by Gasteiger charge is 2.44. The predicted molar refractivity (Wildman–Crippen MR) is 96.7 cm³/mol. The average molecular weight is 432 g/mol. The first kappa shape index (κ1) is 24.8. The van der Waals surface area contributed by atoms with Gasteiger partial charge in [-0.05, 0) is 25.0 Å². The summed E-state index contributed by atoms with van der Waals surface area (Å²) >= 11 is 0. The Morgan fingerprint density at radius 1 is 1.17 bits per heavy atom. The number of carbonyl (C=O) groups is 4. The van der Waals surface area contributed by atoms with Gasteiger partial charge in [0.25, 0.3) is 6.43 Å². The van der Waals surface area contributed by atoms with Crippen LogP contribution in [-0.4, -0.2) is 56.4 Å². The van der Waals surface area contributed by atoms with E-state index in [9.17, 15) is 28.0 Å². The van der Waals surface area contributed by atoms with Crippen LogP contribution >= 0.6 is 0 Å². The molecule has 0 saturated heterocycles. The molecule has 0 heterocycles. The first-order chi connectivity index (χ1) is 14.1. The molecule has 1 atom stereocenters. The number of esters is 3. The largest absolute Gasteiger partial charge is 0.467 e. The molecule has 0 aliphatic rings. The number of hydrogen-bond donors (Lipinski definition) is 2. The van der Waals surface area contributed by atoms with Gasteiger partial charge in [0.2, 0.25) is 6.79 Å². The van der Waals surface area contributed by atoms with Gasteiger partial charge >= 0.3 is 24.0 Å². The van der Waals surface area contributed by atoms with Gasteiger partial charge in [0, 0.05) is 13.5 Å². The third-order valence-electron chi connectivity index (χ3n) is 3.73. The highest BCUT2D eigenvalue weighted by molar-refractivity contribution is 5.93. The number of ether oxygens (including phenoxy) is 4. The molecule has 0 fully saturated rings. The minimum Gasteiger partial charge on any atom is -0.467 e. The SMILES string of the molecule is COC(=O)C(N)(CCCNC(=O)OCOC(=O)c1ccccc1OC(C)=O)C(F)F. The van der Waals surface area contributed by atoms with Gasteiger partial charge in [0.15, 0.2) is 5.54 Å². The van der Waals surface area contributed by atoms with E-state index in [0.29, 0.717) is 0 Å². The number of alkyl carbamates (subject to hydrolysis) is 1. The Labute approximate surface area is 170 Å². The predicted octanol–water partition coefficient (Wildman–Crippen LogP) is 1.37. The Kier molecular flexibility index (Phi) is 9.62. The summed E-state index contributed by atoms with van der Waals surface area (Å²) in [5, 5.41) is 2.23. The number of nitrogens with two attached hydrogens (primary N) is 1. The van der Waals surface area contributed by atoms with E-state index in [0.717, 1.165) is 14.0 Å². The fourth-order valence-electron chi connectivity index (χ4n) is 2.21. The van der Waals surface area contributed by atoms with Crippen molar-refractivity contribution in [3.8, 4) is 5.75 Å². The lowest BCUT2D eigenvalue weighted by Crippen LogP contribution is -2.55. The molecule has 1 unspecified atom stereocenters. The van der Waals surface area contributed by atoms with E-state index < -0.39 is 49.2 Å². The summed E-state index contributed by atoms with van der Waals surface area (Å²) in [4.78, 5) is 46.0. The zero-order valence-corrected chi connectivity index (χ0v) is 16.3. The summed E-state index contributed by atoms with van der Waals surface area (Å²) in [6.45, 7) is 0.278. The molecular formula is C18H22F2N2O8. The summed E-state index contributed by atoms with van der Waals surface area (Å²) < 4.78 is 44.5. The summed E-state index contributed by atoms with van der Waals surface area (Å²) in [5.41, 5.74) is 2.83. The van der Waals surface area contributed by atoms with Crippen molar-refractivity contribution in [1.29, 1.82) is 0 Å². The molecule has 0 saturated carbocycles. The third-order valence-corrected chi connectivity index (χ3v) is 3.73. The molecule has 1 aromatic carbocycles. The van der Waals surface area contributed by atoms with Crippen molar-refractivity contribution in [2.45, 2.75) is 31.7 Å². The zero-order chi connectivity index (χ0) is 22.7. The molecule has 1 rings (SSSR count). The van der Waals surface area contributed by atoms with Crippen LogP contribution in [-0.2, 0) is 23.8 Å². The van der Waals surface area contributed by atoms with E-state index in [2.05, 4.69) is 14.8 Å². The van der Waals surface area contributed by atoms with Gasteiger partial charge in [0.05, 0.1) is 7.11 Å². The molecule has 0 aliphatic carbocycles. The van der Waals surface area contributed by atoms with Crippen molar-refractivity contribution in [1.82, 2.24) is 5.32 Å². The van der Waals surface area contributed by atoms with Crippen LogP contribution in [0.5, 0.6) is 5.75 Å². The first-order valence-electron chi connectivity index (χ1n) is 8.62. The number of para-hydroxylation sites is 1. The lowest BCUT2D eigenvalue weighted by Gasteiger charge is -2.25. The number of amides is 1. The molecule has 3 N–H and O–H groups in total. The topological polar surface area (TPSA) is 143 Å². The molecule has 0 radical (unpaired) electrons. The lowest BCUT2D eigenvalue weighted by molar-refractivity contribution is -0.154. The number of carbonyl (C=O) groups excluding carboxylic acids is 4. The van der Waals surface area contributed by atoms with Gasteiger partial charge in [-0.3, -0.25) is 4.79 Å². The van der Waals surface area contributed by atoms with Crippen LogP contribution in [0.4, 0.5) is 13.6 Å². The standard InChI is InChI=1S/C18H22F2N2O8/c1-11(23)30-13-7-4-3-6-12(13)14(24)28-10-29-17(26)22-9-5-8-18(21,15(19)20)16(25)27-2/h3-4,6-7,15H,5,8-10,21H2,1-2H3,(H,22,26). The van der Waals surface area contributed by atoms with Crippen LogP contribution in [0, 0.1) is 0 Å². The van der Waals surface area contributed by atoms with Gasteiger partial charge in [0.1, 0.15) is 11.3 Å². The second kappa shape index (κ2) is 11.7. The summed E-state index contributed by atoms with van der Waals surface area (Å²) in [7, 11) is 0.938. The maximum Gasteiger partial charge on any atom is 0.410 e. The Bertz CT molecular complexity index is 774. The normalized spacial score (nSPS) is 12.5. The second-order valence-electron chi connectivity index (χ2n) is 5.93. The molecule has 0 aliphatic heterocycles. The number of alkyl halides is 2. The van der Waals surface area contributed by atoms with E-state index >= 15 is 0 Å². The van der Waals surface area contributed by atoms with E-state index in [-0.39, 0.29) is 24.3 Å². The van der Waals surface area contributed by atoms with Gasteiger partial charge in [-0.2, -0.15) is 0 Å². The second-order valence-corrected chi connectivity index (χ2v) is 5.93. The third kappa shape index (κ3) is 7.28. The maximum absolute atomic E-state index is 13.0. The Morgan fingerprint density at radius 2 is 1.83 bits per heavy atom. The van der Waals surface area contributed by atoms with Crippen LogP contribution in [0.15, 0.2) is 24.3 Å². The van der Waals surface area contributed by atoms with Crippen LogP contribution in [0.1, 0.15) is 30.1 Å². The van der Waals surface area contributed by atoms with Crippen molar-refractivity contribution < 1.29 is 46.9 Å². The molecule has 12 heteroatoms. The minimum atomic E-state index is -3.15. The molecule has 1 amide bonds. The molecule has 30 heavy (non-hydrogen) atoms. The smallest absolute Gasteiger partial charge is 0.410 e. The monoisotopic (exact) mass is 432 g/mol. The molecule has 0 aromatic heterocycles. The number of methoxy groups -OCH3 is 1. The highest BCUT2D eigenvalue weighted by atomic mass is 19.3. The number of hydrogen-bond acceptors (Lipinski definition) is 9. The van der Waals surface area contributed by atoms with Crippen LogP contribution < -0.4 is 15.8 Å². The highest BCUT2D eigenvalue weighted by Crippen LogP contribution is 2.21. The van der Waals surface area contributed by atoms with Gasteiger partial charge < -0.3 is 30.0 Å². The van der Waals surface area contributed by atoms with E-state index in [1.54, 1.807) is 6.07 Å². The molecule has 10 nitrogen and oxygen atoms in total. The number of nitrogens with one attached hydrogen (secondary N) is 1. The van der Waals surface area contributed by atoms with Crippen molar-refractivity contribution in [3.05, 3.63) is 29.8 Å². The Hall–Kier alpha value is -3.28. The van der Waals surface area contributed by atoms with Gasteiger partial charge in [-0.15, -0.1) is 0 Å². The summed E-state index contributed by atoms with van der Waals surface area (Å²) in [5.74, 6) is -2.82. The van der Waals surface area contributed by atoms with Crippen LogP contribution in [0.25, 0.3) is 0 Å². The van der Waals surface area contributed by atoms with Crippen LogP contribution in [0.2, 0.25) is 0 Å². The zero-order valence-electron chi connectivity index (χ0n) is 16.3. The number of benzene rings is 1. The van der Waals surface area contributed by atoms with Crippen molar-refractivity contribution in [3.63, 3.8) is 0 Å². The van der Waals surface area contributed by atoms with Gasteiger partial charge in [-0.25, -0.2) is 23.2 Å². The number of rotatable bonds is 10. The maximum atomic E-state index is 13.0. The molecule has 166 valence electrons. The Balaban J connectivity index is 2.40. The van der Waals surface area contributed by atoms with Crippen molar-refractivity contribution >= 4 is 24.0 Å². The van der Waals surface area contributed by atoms with Crippen molar-refractivity contribution in [2.75, 3.05) is 20.4 Å². The molecule has 1 aromatic rings. The summed E-state index contributed by atoms with van der Waals surface area (Å²) in [6, 6.07) is 5.80. The van der Waals surface area contributed by atoms with Crippen LogP contribution in [0.3, 0.4) is 0 Å². The van der Waals surface area contributed by atoms with Gasteiger partial charge in [-0.1, -0.05) is 12.1 Å². The van der Waals surface area contributed by atoms with E-state index in [4.69, 9.17) is 15.2 Å². The molecule has 0 spiro atoms. The fraction of sp³-hybridized carbons (Fsp3) is 0.444. The first-order valence-corrected chi connectivity index (χ1v) is 8.62. The Morgan fingerprint density at radius 3 is 2.43 bits per heavy atom.